The molecule has 7 nitrogen and oxygen atoms in total. The summed E-state index contributed by atoms with van der Waals surface area (Å²) in [5, 5.41) is 8.72. The minimum atomic E-state index is -3.32. The van der Waals surface area contributed by atoms with Gasteiger partial charge in [0.25, 0.3) is 0 Å². The van der Waals surface area contributed by atoms with E-state index in [-0.39, 0.29) is 11.5 Å². The monoisotopic (exact) mass is 428 g/mol. The predicted molar refractivity (Wildman–Crippen MR) is 113 cm³/mol. The molecule has 0 saturated carbocycles. The van der Waals surface area contributed by atoms with Crippen molar-refractivity contribution in [2.45, 2.75) is 18.0 Å². The molecule has 0 N–H and O–H groups in total. The van der Waals surface area contributed by atoms with Gasteiger partial charge in [-0.2, -0.15) is 0 Å². The molecule has 0 fully saturated rings. The Balaban J connectivity index is 1.50. The molecule has 1 aliphatic rings. The average Bonchev–Trinajstić information content (AvgIpc) is 3.19. The van der Waals surface area contributed by atoms with Crippen molar-refractivity contribution < 1.29 is 13.2 Å². The lowest BCUT2D eigenvalue weighted by Gasteiger charge is -2.29. The summed E-state index contributed by atoms with van der Waals surface area (Å²) in [5.41, 5.74) is 3.08. The molecule has 0 radical (unpaired) electrons. The average molecular weight is 429 g/mol. The standard InChI is InChI=1S/C20H20N4O3S2/c1-29(26,27)24-11-5-6-15-12-16(9-10-18(15)24)19(25)13-28-20-22-21-14-23(20)17-7-3-2-4-8-17/h2-4,7-10,12,14H,5-6,11,13H2,1H3. The van der Waals surface area contributed by atoms with Crippen LogP contribution in [0.5, 0.6) is 0 Å². The Kier molecular flexibility index (Phi) is 5.42. The van der Waals surface area contributed by atoms with Crippen LogP contribution in [0.15, 0.2) is 60.0 Å². The number of ketones is 1. The summed E-state index contributed by atoms with van der Waals surface area (Å²) in [6, 6.07) is 15.0. The van der Waals surface area contributed by atoms with Crippen LogP contribution in [-0.4, -0.2) is 47.5 Å². The topological polar surface area (TPSA) is 85.2 Å². The first-order valence-electron chi connectivity index (χ1n) is 9.15. The largest absolute Gasteiger partial charge is 0.293 e. The second kappa shape index (κ2) is 8.00. The molecule has 2 heterocycles. The highest BCUT2D eigenvalue weighted by molar-refractivity contribution is 7.99. The van der Waals surface area contributed by atoms with Crippen molar-refractivity contribution in [3.05, 3.63) is 66.0 Å². The third-order valence-corrected chi connectivity index (χ3v) is 6.88. The molecule has 0 bridgehead atoms. The van der Waals surface area contributed by atoms with Crippen LogP contribution in [0, 0.1) is 0 Å². The van der Waals surface area contributed by atoms with Gasteiger partial charge in [0.1, 0.15) is 6.33 Å². The van der Waals surface area contributed by atoms with E-state index in [0.29, 0.717) is 23.0 Å². The van der Waals surface area contributed by atoms with E-state index in [1.165, 1.54) is 22.3 Å². The molecule has 1 aromatic heterocycles. The maximum atomic E-state index is 12.7. The number of aromatic nitrogens is 3. The molecule has 3 aromatic rings. The molecule has 29 heavy (non-hydrogen) atoms. The highest BCUT2D eigenvalue weighted by atomic mass is 32.2. The lowest BCUT2D eigenvalue weighted by molar-refractivity contribution is 0.102. The molecule has 0 saturated heterocycles. The van der Waals surface area contributed by atoms with Crippen molar-refractivity contribution in [3.63, 3.8) is 0 Å². The summed E-state index contributed by atoms with van der Waals surface area (Å²) in [6.07, 6.45) is 4.34. The number of para-hydroxylation sites is 1. The first kappa shape index (κ1) is 19.7. The maximum Gasteiger partial charge on any atom is 0.232 e. The lowest BCUT2D eigenvalue weighted by Crippen LogP contribution is -2.34. The molecule has 0 aliphatic carbocycles. The second-order valence-electron chi connectivity index (χ2n) is 6.81. The van der Waals surface area contributed by atoms with Gasteiger partial charge in [0.15, 0.2) is 10.9 Å². The number of rotatable bonds is 6. The van der Waals surface area contributed by atoms with Crippen LogP contribution in [0.2, 0.25) is 0 Å². The van der Waals surface area contributed by atoms with Gasteiger partial charge in [-0.15, -0.1) is 10.2 Å². The number of thioether (sulfide) groups is 1. The van der Waals surface area contributed by atoms with E-state index in [1.807, 2.05) is 41.0 Å². The van der Waals surface area contributed by atoms with Gasteiger partial charge in [-0.25, -0.2) is 8.42 Å². The Morgan fingerprint density at radius 1 is 1.17 bits per heavy atom. The van der Waals surface area contributed by atoms with Crippen molar-refractivity contribution in [1.29, 1.82) is 0 Å². The van der Waals surface area contributed by atoms with E-state index in [1.54, 1.807) is 18.5 Å². The van der Waals surface area contributed by atoms with Crippen LogP contribution in [0.3, 0.4) is 0 Å². The smallest absolute Gasteiger partial charge is 0.232 e. The van der Waals surface area contributed by atoms with Crippen LogP contribution < -0.4 is 4.31 Å². The number of Topliss-reactive ketones (excluding diaryl/α,β-unsaturated/α-hetero) is 1. The van der Waals surface area contributed by atoms with E-state index >= 15 is 0 Å². The Morgan fingerprint density at radius 3 is 2.72 bits per heavy atom. The summed E-state index contributed by atoms with van der Waals surface area (Å²) >= 11 is 1.33. The SMILES string of the molecule is CS(=O)(=O)N1CCCc2cc(C(=O)CSc3nncn3-c3ccccc3)ccc21. The van der Waals surface area contributed by atoms with Crippen molar-refractivity contribution in [1.82, 2.24) is 14.8 Å². The lowest BCUT2D eigenvalue weighted by atomic mass is 9.99. The molecule has 1 aliphatic heterocycles. The molecule has 2 aromatic carbocycles. The molecule has 4 rings (SSSR count). The molecule has 0 amide bonds. The first-order valence-corrected chi connectivity index (χ1v) is 12.0. The zero-order valence-electron chi connectivity index (χ0n) is 15.9. The summed E-state index contributed by atoms with van der Waals surface area (Å²) < 4.78 is 27.2. The predicted octanol–water partition coefficient (Wildman–Crippen LogP) is 2.95. The number of carbonyl (C=O) groups is 1. The van der Waals surface area contributed by atoms with Gasteiger partial charge in [-0.3, -0.25) is 13.7 Å². The van der Waals surface area contributed by atoms with Crippen LogP contribution in [-0.2, 0) is 16.4 Å². The highest BCUT2D eigenvalue weighted by Gasteiger charge is 2.24. The molecular weight excluding hydrogens is 408 g/mol. The van der Waals surface area contributed by atoms with E-state index in [9.17, 15) is 13.2 Å². The Labute approximate surface area is 173 Å². The summed E-state index contributed by atoms with van der Waals surface area (Å²) in [7, 11) is -3.32. The number of hydrogen-bond acceptors (Lipinski definition) is 6. The van der Waals surface area contributed by atoms with Gasteiger partial charge in [-0.05, 0) is 48.7 Å². The number of anilines is 1. The number of aryl methyl sites for hydroxylation is 1. The zero-order valence-corrected chi connectivity index (χ0v) is 17.5. The molecular formula is C20H20N4O3S2. The van der Waals surface area contributed by atoms with Crippen molar-refractivity contribution >= 4 is 33.3 Å². The normalized spacial score (nSPS) is 13.9. The van der Waals surface area contributed by atoms with Crippen LogP contribution >= 0.6 is 11.8 Å². The van der Waals surface area contributed by atoms with E-state index in [0.717, 1.165) is 24.1 Å². The van der Waals surface area contributed by atoms with Gasteiger partial charge in [0.2, 0.25) is 10.0 Å². The molecule has 0 unspecified atom stereocenters. The van der Waals surface area contributed by atoms with Crippen LogP contribution in [0.25, 0.3) is 5.69 Å². The molecule has 0 spiro atoms. The molecule has 0 atom stereocenters. The number of hydrogen-bond donors (Lipinski definition) is 0. The fourth-order valence-electron chi connectivity index (χ4n) is 3.38. The fraction of sp³-hybridized carbons (Fsp3) is 0.250. The Morgan fingerprint density at radius 2 is 1.97 bits per heavy atom. The van der Waals surface area contributed by atoms with Crippen LogP contribution in [0.1, 0.15) is 22.3 Å². The minimum Gasteiger partial charge on any atom is -0.293 e. The van der Waals surface area contributed by atoms with Gasteiger partial charge in [0.05, 0.1) is 17.7 Å². The summed E-state index contributed by atoms with van der Waals surface area (Å²) in [5.74, 6) is 0.192. The number of benzene rings is 2. The quantitative estimate of drug-likeness (QED) is 0.443. The van der Waals surface area contributed by atoms with Crippen molar-refractivity contribution in [2.75, 3.05) is 22.9 Å². The summed E-state index contributed by atoms with van der Waals surface area (Å²) in [6.45, 7) is 0.476. The second-order valence-corrected chi connectivity index (χ2v) is 9.66. The first-order chi connectivity index (χ1) is 13.9. The summed E-state index contributed by atoms with van der Waals surface area (Å²) in [4.78, 5) is 12.7. The number of sulfonamides is 1. The van der Waals surface area contributed by atoms with Gasteiger partial charge < -0.3 is 0 Å². The Bertz CT molecular complexity index is 1140. The third-order valence-electron chi connectivity index (χ3n) is 4.76. The van der Waals surface area contributed by atoms with E-state index in [2.05, 4.69) is 10.2 Å². The zero-order chi connectivity index (χ0) is 20.4. The number of nitrogens with zero attached hydrogens (tertiary/aromatic N) is 4. The van der Waals surface area contributed by atoms with Gasteiger partial charge in [0, 0.05) is 17.8 Å². The fourth-order valence-corrected chi connectivity index (χ4v) is 5.20. The number of fused-ring (bicyclic) bond motifs is 1. The van der Waals surface area contributed by atoms with Crippen molar-refractivity contribution in [2.24, 2.45) is 0 Å². The third kappa shape index (κ3) is 4.20. The minimum absolute atomic E-state index is 0.0307. The van der Waals surface area contributed by atoms with E-state index < -0.39 is 10.0 Å². The van der Waals surface area contributed by atoms with Crippen molar-refractivity contribution in [3.8, 4) is 5.69 Å². The van der Waals surface area contributed by atoms with Crippen LogP contribution in [0.4, 0.5) is 5.69 Å². The Hall–Kier alpha value is -2.65. The highest BCUT2D eigenvalue weighted by Crippen LogP contribution is 2.30. The van der Waals surface area contributed by atoms with Gasteiger partial charge >= 0.3 is 0 Å². The number of carbonyl (C=O) groups excluding carboxylic acids is 1. The molecule has 150 valence electrons. The molecule has 9 heteroatoms. The van der Waals surface area contributed by atoms with Gasteiger partial charge in [-0.1, -0.05) is 30.0 Å². The van der Waals surface area contributed by atoms with E-state index in [4.69, 9.17) is 0 Å². The maximum absolute atomic E-state index is 12.7.